The molecule has 136 valence electrons. The number of anilines is 1. The van der Waals surface area contributed by atoms with Gasteiger partial charge in [-0.3, -0.25) is 14.3 Å². The van der Waals surface area contributed by atoms with Crippen LogP contribution in [0.5, 0.6) is 0 Å². The zero-order valence-corrected chi connectivity index (χ0v) is 14.9. The third-order valence-electron chi connectivity index (χ3n) is 5.21. The summed E-state index contributed by atoms with van der Waals surface area (Å²) >= 11 is 0. The topological polar surface area (TPSA) is 79.3 Å². The highest BCUT2D eigenvalue weighted by molar-refractivity contribution is 6.02. The summed E-state index contributed by atoms with van der Waals surface area (Å²) in [5, 5.41) is 10.8. The van der Waals surface area contributed by atoms with Crippen molar-refractivity contribution < 1.29 is 9.59 Å². The van der Waals surface area contributed by atoms with Gasteiger partial charge in [0.2, 0.25) is 5.91 Å². The largest absolute Gasteiger partial charge is 0.361 e. The summed E-state index contributed by atoms with van der Waals surface area (Å²) in [5.74, 6) is 0.00898. The predicted octanol–water partition coefficient (Wildman–Crippen LogP) is 1.76. The number of aryl methyl sites for hydroxylation is 2. The first-order chi connectivity index (χ1) is 12.6. The van der Waals surface area contributed by atoms with E-state index in [2.05, 4.69) is 15.7 Å². The van der Waals surface area contributed by atoms with Crippen molar-refractivity contribution in [1.82, 2.24) is 20.0 Å². The minimum Gasteiger partial charge on any atom is -0.361 e. The maximum Gasteiger partial charge on any atom is 0.255 e. The molecule has 26 heavy (non-hydrogen) atoms. The molecule has 2 N–H and O–H groups in total. The van der Waals surface area contributed by atoms with Gasteiger partial charge in [0, 0.05) is 37.1 Å². The van der Waals surface area contributed by atoms with E-state index in [9.17, 15) is 9.59 Å². The first kappa shape index (κ1) is 16.6. The molecule has 3 heterocycles. The van der Waals surface area contributed by atoms with Crippen molar-refractivity contribution in [2.24, 2.45) is 0 Å². The smallest absolute Gasteiger partial charge is 0.255 e. The Balaban J connectivity index is 1.45. The molecule has 1 saturated heterocycles. The number of hydrogen-bond acceptors (Lipinski definition) is 4. The maximum absolute atomic E-state index is 12.7. The first-order valence-corrected chi connectivity index (χ1v) is 9.02. The lowest BCUT2D eigenvalue weighted by atomic mass is 9.93. The molecular formula is C19H23N5O2. The van der Waals surface area contributed by atoms with Crippen molar-refractivity contribution in [2.45, 2.75) is 38.4 Å². The molecule has 2 aliphatic heterocycles. The van der Waals surface area contributed by atoms with Gasteiger partial charge in [0.15, 0.2) is 0 Å². The Hall–Kier alpha value is -2.83. The van der Waals surface area contributed by atoms with Gasteiger partial charge in [-0.25, -0.2) is 0 Å². The van der Waals surface area contributed by atoms with Crippen molar-refractivity contribution in [1.29, 1.82) is 0 Å². The lowest BCUT2D eigenvalue weighted by Gasteiger charge is -2.46. The maximum atomic E-state index is 12.7. The van der Waals surface area contributed by atoms with E-state index in [0.29, 0.717) is 25.1 Å². The highest BCUT2D eigenvalue weighted by Crippen LogP contribution is 2.30. The number of rotatable bonds is 3. The molecule has 7 nitrogen and oxygen atoms in total. The molecule has 2 amide bonds. The fourth-order valence-electron chi connectivity index (χ4n) is 3.83. The first-order valence-electron chi connectivity index (χ1n) is 9.02. The van der Waals surface area contributed by atoms with Crippen LogP contribution in [0.4, 0.5) is 5.69 Å². The summed E-state index contributed by atoms with van der Waals surface area (Å²) in [6, 6.07) is 9.42. The normalized spacial score (nSPS) is 21.9. The average molecular weight is 353 g/mol. The second-order valence-corrected chi connectivity index (χ2v) is 7.07. The number of hydrogen-bond donors (Lipinski definition) is 2. The number of benzene rings is 1. The number of aromatic nitrogens is 2. The van der Waals surface area contributed by atoms with E-state index in [-0.39, 0.29) is 11.8 Å². The minimum atomic E-state index is -0.582. The van der Waals surface area contributed by atoms with Crippen molar-refractivity contribution in [3.05, 3.63) is 47.8 Å². The Morgan fingerprint density at radius 3 is 2.92 bits per heavy atom. The molecule has 0 radical (unpaired) electrons. The number of nitrogens with one attached hydrogen (secondary N) is 2. The van der Waals surface area contributed by atoms with Crippen LogP contribution in [0.15, 0.2) is 36.5 Å². The summed E-state index contributed by atoms with van der Waals surface area (Å²) in [7, 11) is 0. The van der Waals surface area contributed by atoms with E-state index >= 15 is 0 Å². The number of para-hydroxylation sites is 1. The molecule has 2 aromatic rings. The summed E-state index contributed by atoms with van der Waals surface area (Å²) in [6.45, 7) is 3.75. The number of amides is 2. The van der Waals surface area contributed by atoms with Gasteiger partial charge >= 0.3 is 0 Å². The molecule has 0 unspecified atom stereocenters. The Kier molecular flexibility index (Phi) is 4.14. The summed E-state index contributed by atoms with van der Waals surface area (Å²) in [5.41, 5.74) is 1.94. The molecule has 2 aliphatic rings. The van der Waals surface area contributed by atoms with Crippen LogP contribution in [-0.4, -0.2) is 45.2 Å². The highest BCUT2D eigenvalue weighted by Gasteiger charge is 2.41. The molecule has 1 aromatic heterocycles. The van der Waals surface area contributed by atoms with Crippen molar-refractivity contribution in [2.75, 3.05) is 18.4 Å². The van der Waals surface area contributed by atoms with Crippen LogP contribution in [0, 0.1) is 6.92 Å². The number of carbonyl (C=O) groups is 2. The molecule has 1 fully saturated rings. The molecule has 0 aliphatic carbocycles. The van der Waals surface area contributed by atoms with Crippen LogP contribution in [0.2, 0.25) is 0 Å². The Labute approximate surface area is 152 Å². The third kappa shape index (κ3) is 3.05. The molecule has 1 aromatic carbocycles. The molecule has 0 saturated carbocycles. The SMILES string of the molecule is Cc1ccnn1CCC(=O)N1CCC[C@]2(C1)NC(=O)c1ccccc1N2. The third-order valence-corrected chi connectivity index (χ3v) is 5.21. The van der Waals surface area contributed by atoms with Crippen LogP contribution in [-0.2, 0) is 11.3 Å². The lowest BCUT2D eigenvalue weighted by Crippen LogP contribution is -2.66. The van der Waals surface area contributed by atoms with Gasteiger partial charge in [-0.2, -0.15) is 5.10 Å². The van der Waals surface area contributed by atoms with E-state index in [4.69, 9.17) is 0 Å². The Bertz CT molecular complexity index is 846. The number of nitrogens with zero attached hydrogens (tertiary/aromatic N) is 3. The van der Waals surface area contributed by atoms with Crippen molar-refractivity contribution in [3.8, 4) is 0 Å². The standard InChI is InChI=1S/C19H23N5O2/c1-14-7-10-20-24(14)12-8-17(25)23-11-4-9-19(13-23)21-16-6-3-2-5-15(16)18(26)22-19/h2-3,5-7,10,21H,4,8-9,11-13H2,1H3,(H,22,26)/t19-/m1/s1. The molecular weight excluding hydrogens is 330 g/mol. The van der Waals surface area contributed by atoms with Gasteiger partial charge in [-0.1, -0.05) is 12.1 Å². The van der Waals surface area contributed by atoms with E-state index in [1.807, 2.05) is 46.8 Å². The van der Waals surface area contributed by atoms with E-state index < -0.39 is 5.66 Å². The van der Waals surface area contributed by atoms with Gasteiger partial charge < -0.3 is 15.5 Å². The summed E-state index contributed by atoms with van der Waals surface area (Å²) in [4.78, 5) is 27.0. The number of likely N-dealkylation sites (tertiary alicyclic amines) is 1. The molecule has 1 spiro atoms. The van der Waals surface area contributed by atoms with Gasteiger partial charge in [-0.15, -0.1) is 0 Å². The van der Waals surface area contributed by atoms with Gasteiger partial charge in [-0.05, 0) is 38.0 Å². The summed E-state index contributed by atoms with van der Waals surface area (Å²) < 4.78 is 1.84. The highest BCUT2D eigenvalue weighted by atomic mass is 16.2. The monoisotopic (exact) mass is 353 g/mol. The minimum absolute atomic E-state index is 0.0826. The molecule has 0 bridgehead atoms. The molecule has 4 rings (SSSR count). The van der Waals surface area contributed by atoms with Gasteiger partial charge in [0.25, 0.3) is 5.91 Å². The molecule has 7 heteroatoms. The quantitative estimate of drug-likeness (QED) is 0.881. The zero-order chi connectivity index (χ0) is 18.1. The Morgan fingerprint density at radius 2 is 2.12 bits per heavy atom. The fourth-order valence-corrected chi connectivity index (χ4v) is 3.83. The fraction of sp³-hybridized carbons (Fsp3) is 0.421. The van der Waals surface area contributed by atoms with Crippen LogP contribution < -0.4 is 10.6 Å². The van der Waals surface area contributed by atoms with E-state index in [1.165, 1.54) is 0 Å². The van der Waals surface area contributed by atoms with Gasteiger partial charge in [0.05, 0.1) is 12.1 Å². The second-order valence-electron chi connectivity index (χ2n) is 7.07. The predicted molar refractivity (Wildman–Crippen MR) is 97.7 cm³/mol. The van der Waals surface area contributed by atoms with Crippen LogP contribution >= 0.6 is 0 Å². The second kappa shape index (κ2) is 6.48. The summed E-state index contributed by atoms with van der Waals surface area (Å²) in [6.07, 6.45) is 3.80. The van der Waals surface area contributed by atoms with Gasteiger partial charge in [0.1, 0.15) is 5.66 Å². The number of fused-ring (bicyclic) bond motifs is 1. The van der Waals surface area contributed by atoms with E-state index in [0.717, 1.165) is 30.8 Å². The Morgan fingerprint density at radius 1 is 1.27 bits per heavy atom. The van der Waals surface area contributed by atoms with Crippen molar-refractivity contribution in [3.63, 3.8) is 0 Å². The zero-order valence-electron chi connectivity index (χ0n) is 14.9. The number of piperidine rings is 1. The number of carbonyl (C=O) groups excluding carboxylic acids is 2. The molecule has 1 atom stereocenters. The lowest BCUT2D eigenvalue weighted by molar-refractivity contribution is -0.133. The van der Waals surface area contributed by atoms with E-state index in [1.54, 1.807) is 6.20 Å². The van der Waals surface area contributed by atoms with Crippen LogP contribution in [0.1, 0.15) is 35.3 Å². The van der Waals surface area contributed by atoms with Crippen LogP contribution in [0.25, 0.3) is 0 Å². The van der Waals surface area contributed by atoms with Crippen LogP contribution in [0.3, 0.4) is 0 Å². The van der Waals surface area contributed by atoms with Crippen molar-refractivity contribution >= 4 is 17.5 Å². The average Bonchev–Trinajstić information content (AvgIpc) is 3.04.